The normalized spacial score (nSPS) is 11.8. The van der Waals surface area contributed by atoms with Crippen LogP contribution in [0.3, 0.4) is 0 Å². The summed E-state index contributed by atoms with van der Waals surface area (Å²) in [7, 11) is 1.38. The molecule has 110 valence electrons. The van der Waals surface area contributed by atoms with Crippen molar-refractivity contribution in [2.24, 2.45) is 0 Å². The van der Waals surface area contributed by atoms with Crippen LogP contribution < -0.4 is 5.32 Å². The summed E-state index contributed by atoms with van der Waals surface area (Å²) in [4.78, 5) is 11.5. The molecule has 21 heavy (non-hydrogen) atoms. The van der Waals surface area contributed by atoms with Gasteiger partial charge >= 0.3 is 5.97 Å². The quantitative estimate of drug-likeness (QED) is 0.843. The average molecular weight is 304 g/mol. The number of rotatable bonds is 5. The molecule has 2 rings (SSSR count). The molecule has 0 aliphatic rings. The van der Waals surface area contributed by atoms with E-state index < -0.39 is 0 Å². The summed E-state index contributed by atoms with van der Waals surface area (Å²) in [6, 6.07) is 15.4. The van der Waals surface area contributed by atoms with E-state index in [1.807, 2.05) is 36.4 Å². The van der Waals surface area contributed by atoms with Gasteiger partial charge in [-0.2, -0.15) is 0 Å². The number of anilines is 1. The Labute approximate surface area is 129 Å². The van der Waals surface area contributed by atoms with E-state index in [1.165, 1.54) is 12.7 Å². The molecule has 1 unspecified atom stereocenters. The Hall–Kier alpha value is -2.00. The lowest BCUT2D eigenvalue weighted by Crippen LogP contribution is -2.18. The smallest absolute Gasteiger partial charge is 0.337 e. The number of methoxy groups -OCH3 is 1. The van der Waals surface area contributed by atoms with E-state index in [0.29, 0.717) is 5.56 Å². The third-order valence-electron chi connectivity index (χ3n) is 3.15. The molecule has 2 aromatic carbocycles. The van der Waals surface area contributed by atoms with Crippen molar-refractivity contribution < 1.29 is 9.53 Å². The molecule has 0 fully saturated rings. The van der Waals surface area contributed by atoms with Crippen LogP contribution in [0, 0.1) is 0 Å². The second-order valence-corrected chi connectivity index (χ2v) is 5.38. The molecule has 3 nitrogen and oxygen atoms in total. The number of ether oxygens (including phenoxy) is 1. The minimum absolute atomic E-state index is 0.235. The Balaban J connectivity index is 2.00. The SMILES string of the molecule is COC(=O)c1cccc(NC(C)Cc2ccc(Cl)cc2)c1. The lowest BCUT2D eigenvalue weighted by Gasteiger charge is -2.16. The van der Waals surface area contributed by atoms with Crippen LogP contribution in [0.4, 0.5) is 5.69 Å². The second-order valence-electron chi connectivity index (χ2n) is 4.95. The van der Waals surface area contributed by atoms with Crippen LogP contribution in [-0.2, 0) is 11.2 Å². The summed E-state index contributed by atoms with van der Waals surface area (Å²) in [5, 5.41) is 4.12. The third kappa shape index (κ3) is 4.50. The van der Waals surface area contributed by atoms with Crippen LogP contribution in [0.25, 0.3) is 0 Å². The Bertz CT molecular complexity index is 610. The highest BCUT2D eigenvalue weighted by Gasteiger charge is 2.08. The fraction of sp³-hybridized carbons (Fsp3) is 0.235. The van der Waals surface area contributed by atoms with Crippen molar-refractivity contribution in [2.45, 2.75) is 19.4 Å². The maximum atomic E-state index is 11.5. The number of carbonyl (C=O) groups is 1. The molecule has 0 bridgehead atoms. The summed E-state index contributed by atoms with van der Waals surface area (Å²) in [5.74, 6) is -0.330. The number of halogens is 1. The lowest BCUT2D eigenvalue weighted by molar-refractivity contribution is 0.0601. The number of benzene rings is 2. The zero-order valence-electron chi connectivity index (χ0n) is 12.1. The van der Waals surface area contributed by atoms with Crippen LogP contribution in [0.5, 0.6) is 0 Å². The second kappa shape index (κ2) is 7.14. The first-order chi connectivity index (χ1) is 10.1. The van der Waals surface area contributed by atoms with Gasteiger partial charge in [-0.3, -0.25) is 0 Å². The van der Waals surface area contributed by atoms with Crippen molar-refractivity contribution in [1.29, 1.82) is 0 Å². The van der Waals surface area contributed by atoms with Crippen LogP contribution in [0.1, 0.15) is 22.8 Å². The van der Waals surface area contributed by atoms with Gasteiger partial charge in [0.1, 0.15) is 0 Å². The Morgan fingerprint density at radius 3 is 2.62 bits per heavy atom. The van der Waals surface area contributed by atoms with Gasteiger partial charge < -0.3 is 10.1 Å². The summed E-state index contributed by atoms with van der Waals surface area (Å²) >= 11 is 5.88. The van der Waals surface area contributed by atoms with Crippen LogP contribution >= 0.6 is 11.6 Å². The molecule has 0 aromatic heterocycles. The fourth-order valence-corrected chi connectivity index (χ4v) is 2.29. The number of carbonyl (C=O) groups excluding carboxylic acids is 1. The average Bonchev–Trinajstić information content (AvgIpc) is 2.49. The van der Waals surface area contributed by atoms with E-state index in [4.69, 9.17) is 16.3 Å². The summed E-state index contributed by atoms with van der Waals surface area (Å²) in [6.07, 6.45) is 0.875. The van der Waals surface area contributed by atoms with E-state index in [-0.39, 0.29) is 12.0 Å². The van der Waals surface area contributed by atoms with Crippen molar-refractivity contribution in [3.63, 3.8) is 0 Å². The molecule has 4 heteroatoms. The molecule has 0 saturated heterocycles. The zero-order valence-corrected chi connectivity index (χ0v) is 12.9. The van der Waals surface area contributed by atoms with Crippen LogP contribution in [0.15, 0.2) is 48.5 Å². The molecule has 0 aliphatic heterocycles. The molecule has 0 heterocycles. The highest BCUT2D eigenvalue weighted by atomic mass is 35.5. The van der Waals surface area contributed by atoms with Gasteiger partial charge in [-0.15, -0.1) is 0 Å². The summed E-state index contributed by atoms with van der Waals surface area (Å²) in [5.41, 5.74) is 2.66. The van der Waals surface area contributed by atoms with Crippen LogP contribution in [0.2, 0.25) is 5.02 Å². The maximum Gasteiger partial charge on any atom is 0.337 e. The van der Waals surface area contributed by atoms with E-state index in [9.17, 15) is 4.79 Å². The van der Waals surface area contributed by atoms with Gasteiger partial charge in [-0.25, -0.2) is 4.79 Å². The Morgan fingerprint density at radius 1 is 1.24 bits per heavy atom. The van der Waals surface area contributed by atoms with Crippen molar-refractivity contribution in [1.82, 2.24) is 0 Å². The van der Waals surface area contributed by atoms with Crippen molar-refractivity contribution in [2.75, 3.05) is 12.4 Å². The Morgan fingerprint density at radius 2 is 1.95 bits per heavy atom. The number of hydrogen-bond acceptors (Lipinski definition) is 3. The third-order valence-corrected chi connectivity index (χ3v) is 3.40. The summed E-state index contributed by atoms with van der Waals surface area (Å²) < 4.78 is 4.72. The highest BCUT2D eigenvalue weighted by molar-refractivity contribution is 6.30. The van der Waals surface area contributed by atoms with E-state index in [2.05, 4.69) is 12.2 Å². The number of hydrogen-bond donors (Lipinski definition) is 1. The van der Waals surface area contributed by atoms with Gasteiger partial charge in [0, 0.05) is 16.8 Å². The number of esters is 1. The molecule has 0 aliphatic carbocycles. The lowest BCUT2D eigenvalue weighted by atomic mass is 10.1. The molecule has 2 aromatic rings. The predicted molar refractivity (Wildman–Crippen MR) is 86.0 cm³/mol. The molecular formula is C17H18ClNO2. The topological polar surface area (TPSA) is 38.3 Å². The molecule has 0 radical (unpaired) electrons. The van der Waals surface area contributed by atoms with E-state index in [0.717, 1.165) is 17.1 Å². The van der Waals surface area contributed by atoms with Gasteiger partial charge in [0.25, 0.3) is 0 Å². The van der Waals surface area contributed by atoms with E-state index >= 15 is 0 Å². The van der Waals surface area contributed by atoms with Gasteiger partial charge in [0.2, 0.25) is 0 Å². The molecular weight excluding hydrogens is 286 g/mol. The minimum Gasteiger partial charge on any atom is -0.465 e. The van der Waals surface area contributed by atoms with Gasteiger partial charge in [-0.1, -0.05) is 29.8 Å². The molecule has 0 spiro atoms. The van der Waals surface area contributed by atoms with Crippen molar-refractivity contribution >= 4 is 23.3 Å². The zero-order chi connectivity index (χ0) is 15.2. The Kier molecular flexibility index (Phi) is 5.23. The standard InChI is InChI=1S/C17H18ClNO2/c1-12(10-13-6-8-15(18)9-7-13)19-16-5-3-4-14(11-16)17(20)21-2/h3-9,11-12,19H,10H2,1-2H3. The maximum absolute atomic E-state index is 11.5. The van der Waals surface area contributed by atoms with Gasteiger partial charge in [-0.05, 0) is 49.2 Å². The van der Waals surface area contributed by atoms with E-state index in [1.54, 1.807) is 12.1 Å². The monoisotopic (exact) mass is 303 g/mol. The van der Waals surface area contributed by atoms with Crippen molar-refractivity contribution in [3.05, 3.63) is 64.7 Å². The van der Waals surface area contributed by atoms with Gasteiger partial charge in [0.05, 0.1) is 12.7 Å². The van der Waals surface area contributed by atoms with Gasteiger partial charge in [0.15, 0.2) is 0 Å². The molecule has 1 atom stereocenters. The first kappa shape index (κ1) is 15.4. The molecule has 1 N–H and O–H groups in total. The van der Waals surface area contributed by atoms with Crippen molar-refractivity contribution in [3.8, 4) is 0 Å². The first-order valence-electron chi connectivity index (χ1n) is 6.78. The first-order valence-corrected chi connectivity index (χ1v) is 7.15. The fourth-order valence-electron chi connectivity index (χ4n) is 2.16. The van der Waals surface area contributed by atoms with Crippen LogP contribution in [-0.4, -0.2) is 19.1 Å². The predicted octanol–water partition coefficient (Wildman–Crippen LogP) is 4.17. The number of nitrogens with one attached hydrogen (secondary N) is 1. The molecule has 0 saturated carbocycles. The highest BCUT2D eigenvalue weighted by Crippen LogP contribution is 2.15. The molecule has 0 amide bonds. The largest absolute Gasteiger partial charge is 0.465 e. The minimum atomic E-state index is -0.330. The summed E-state index contributed by atoms with van der Waals surface area (Å²) in [6.45, 7) is 2.10.